The molecule has 0 amide bonds. The van der Waals surface area contributed by atoms with Gasteiger partial charge in [-0.3, -0.25) is 0 Å². The molecule has 0 heterocycles. The van der Waals surface area contributed by atoms with Gasteiger partial charge in [0, 0.05) is 6.54 Å². The second-order valence-corrected chi connectivity index (χ2v) is 3.81. The summed E-state index contributed by atoms with van der Waals surface area (Å²) in [5, 5.41) is 3.19. The van der Waals surface area contributed by atoms with Gasteiger partial charge in [0.15, 0.2) is 0 Å². The molecule has 1 nitrogen and oxygen atoms in total. The van der Waals surface area contributed by atoms with Crippen molar-refractivity contribution in [2.45, 2.75) is 39.7 Å². The molecular weight excluding hydrogens is 189 g/mol. The Hall–Kier alpha value is -0.890. The molecule has 1 aromatic rings. The normalized spacial score (nSPS) is 10.6. The number of nitrogens with one attached hydrogen (secondary N) is 1. The van der Waals surface area contributed by atoms with Crippen LogP contribution < -0.4 is 5.32 Å². The number of benzene rings is 1. The molecule has 0 spiro atoms. The van der Waals surface area contributed by atoms with Gasteiger partial charge in [-0.1, -0.05) is 32.4 Å². The molecule has 0 unspecified atom stereocenters. The molecule has 2 heteroatoms. The number of unbranched alkanes of at least 4 members (excludes halogenated alkanes) is 1. The van der Waals surface area contributed by atoms with E-state index in [1.165, 1.54) is 0 Å². The summed E-state index contributed by atoms with van der Waals surface area (Å²) < 4.78 is 13.6. The molecule has 0 aromatic heterocycles. The highest BCUT2D eigenvalue weighted by atomic mass is 19.1. The van der Waals surface area contributed by atoms with E-state index in [-0.39, 0.29) is 5.82 Å². The van der Waals surface area contributed by atoms with Gasteiger partial charge in [-0.05, 0) is 36.6 Å². The first kappa shape index (κ1) is 12.2. The average molecular weight is 209 g/mol. The van der Waals surface area contributed by atoms with Crippen molar-refractivity contribution in [3.05, 3.63) is 35.1 Å². The summed E-state index contributed by atoms with van der Waals surface area (Å²) in [6.45, 7) is 5.84. The summed E-state index contributed by atoms with van der Waals surface area (Å²) in [5.41, 5.74) is 1.87. The van der Waals surface area contributed by atoms with Crippen LogP contribution in [0.1, 0.15) is 37.8 Å². The van der Waals surface area contributed by atoms with Crippen molar-refractivity contribution < 1.29 is 4.39 Å². The van der Waals surface area contributed by atoms with Crippen LogP contribution in [0.4, 0.5) is 4.39 Å². The number of hydrogen-bond acceptors (Lipinski definition) is 1. The topological polar surface area (TPSA) is 12.0 Å². The van der Waals surface area contributed by atoms with Crippen LogP contribution in [0.5, 0.6) is 0 Å². The van der Waals surface area contributed by atoms with E-state index in [9.17, 15) is 4.39 Å². The van der Waals surface area contributed by atoms with E-state index >= 15 is 0 Å². The van der Waals surface area contributed by atoms with E-state index in [4.69, 9.17) is 0 Å². The average Bonchev–Trinajstić information content (AvgIpc) is 2.25. The zero-order valence-corrected chi connectivity index (χ0v) is 9.65. The van der Waals surface area contributed by atoms with E-state index in [0.29, 0.717) is 0 Å². The van der Waals surface area contributed by atoms with Crippen molar-refractivity contribution in [2.24, 2.45) is 0 Å². The third-order valence-electron chi connectivity index (χ3n) is 2.50. The number of hydrogen-bond donors (Lipinski definition) is 1. The lowest BCUT2D eigenvalue weighted by Gasteiger charge is -2.06. The maximum atomic E-state index is 13.6. The second kappa shape index (κ2) is 6.57. The van der Waals surface area contributed by atoms with Crippen molar-refractivity contribution in [2.75, 3.05) is 6.54 Å². The largest absolute Gasteiger partial charge is 0.313 e. The molecule has 0 aliphatic carbocycles. The monoisotopic (exact) mass is 209 g/mol. The summed E-state index contributed by atoms with van der Waals surface area (Å²) in [6, 6.07) is 5.57. The molecular formula is C13H20FN. The lowest BCUT2D eigenvalue weighted by Crippen LogP contribution is -2.12. The highest BCUT2D eigenvalue weighted by Gasteiger charge is 2.02. The third-order valence-corrected chi connectivity index (χ3v) is 2.50. The molecule has 0 bridgehead atoms. The third kappa shape index (κ3) is 4.00. The minimum atomic E-state index is -0.0566. The molecule has 1 rings (SSSR count). The molecule has 1 N–H and O–H groups in total. The van der Waals surface area contributed by atoms with E-state index in [0.717, 1.165) is 43.5 Å². The molecule has 0 saturated carbocycles. The van der Waals surface area contributed by atoms with E-state index < -0.39 is 0 Å². The lowest BCUT2D eigenvalue weighted by atomic mass is 10.1. The van der Waals surface area contributed by atoms with Crippen LogP contribution in [0.25, 0.3) is 0 Å². The quantitative estimate of drug-likeness (QED) is 0.758. The highest BCUT2D eigenvalue weighted by Crippen LogP contribution is 2.13. The number of aryl methyl sites for hydroxylation is 1. The van der Waals surface area contributed by atoms with Crippen molar-refractivity contribution >= 4 is 0 Å². The maximum absolute atomic E-state index is 13.6. The SMILES string of the molecule is CCCCc1ccc(CNCC)cc1F. The molecule has 0 atom stereocenters. The Morgan fingerprint density at radius 1 is 1.27 bits per heavy atom. The second-order valence-electron chi connectivity index (χ2n) is 3.81. The summed E-state index contributed by atoms with van der Waals surface area (Å²) in [7, 11) is 0. The van der Waals surface area contributed by atoms with Crippen LogP contribution in [-0.4, -0.2) is 6.54 Å². The van der Waals surface area contributed by atoms with Crippen LogP contribution in [0.15, 0.2) is 18.2 Å². The zero-order chi connectivity index (χ0) is 11.1. The molecule has 0 aliphatic rings. The van der Waals surface area contributed by atoms with Crippen molar-refractivity contribution in [1.82, 2.24) is 5.32 Å². The number of rotatable bonds is 6. The molecule has 1 aromatic carbocycles. The van der Waals surface area contributed by atoms with Gasteiger partial charge in [0.2, 0.25) is 0 Å². The van der Waals surface area contributed by atoms with Crippen LogP contribution >= 0.6 is 0 Å². The van der Waals surface area contributed by atoms with Crippen LogP contribution in [0.3, 0.4) is 0 Å². The minimum Gasteiger partial charge on any atom is -0.313 e. The van der Waals surface area contributed by atoms with E-state index in [2.05, 4.69) is 12.2 Å². The first-order chi connectivity index (χ1) is 7.27. The van der Waals surface area contributed by atoms with E-state index in [1.807, 2.05) is 19.1 Å². The Balaban J connectivity index is 2.61. The van der Waals surface area contributed by atoms with Gasteiger partial charge in [-0.15, -0.1) is 0 Å². The van der Waals surface area contributed by atoms with Gasteiger partial charge in [0.1, 0.15) is 5.82 Å². The first-order valence-electron chi connectivity index (χ1n) is 5.76. The van der Waals surface area contributed by atoms with E-state index in [1.54, 1.807) is 6.07 Å². The molecule has 84 valence electrons. The van der Waals surface area contributed by atoms with Crippen molar-refractivity contribution in [3.63, 3.8) is 0 Å². The van der Waals surface area contributed by atoms with Crippen molar-refractivity contribution in [1.29, 1.82) is 0 Å². The van der Waals surface area contributed by atoms with Crippen LogP contribution in [0.2, 0.25) is 0 Å². The van der Waals surface area contributed by atoms with Gasteiger partial charge < -0.3 is 5.32 Å². The zero-order valence-electron chi connectivity index (χ0n) is 9.65. The highest BCUT2D eigenvalue weighted by molar-refractivity contribution is 5.24. The first-order valence-corrected chi connectivity index (χ1v) is 5.76. The molecule has 0 fully saturated rings. The Kier molecular flexibility index (Phi) is 5.33. The Labute approximate surface area is 91.7 Å². The fraction of sp³-hybridized carbons (Fsp3) is 0.538. The van der Waals surface area contributed by atoms with Gasteiger partial charge >= 0.3 is 0 Å². The van der Waals surface area contributed by atoms with Crippen LogP contribution in [0, 0.1) is 5.82 Å². The fourth-order valence-electron chi connectivity index (χ4n) is 1.54. The molecule has 0 radical (unpaired) electrons. The van der Waals surface area contributed by atoms with Gasteiger partial charge in [-0.2, -0.15) is 0 Å². The molecule has 0 aliphatic heterocycles. The fourth-order valence-corrected chi connectivity index (χ4v) is 1.54. The maximum Gasteiger partial charge on any atom is 0.126 e. The Morgan fingerprint density at radius 2 is 2.07 bits per heavy atom. The smallest absolute Gasteiger partial charge is 0.126 e. The summed E-state index contributed by atoms with van der Waals surface area (Å²) in [6.07, 6.45) is 3.02. The molecule has 0 saturated heterocycles. The predicted octanol–water partition coefficient (Wildman–Crippen LogP) is 3.28. The van der Waals surface area contributed by atoms with Gasteiger partial charge in [-0.25, -0.2) is 4.39 Å². The summed E-state index contributed by atoms with van der Waals surface area (Å²) >= 11 is 0. The summed E-state index contributed by atoms with van der Waals surface area (Å²) in [5.74, 6) is -0.0566. The van der Waals surface area contributed by atoms with Crippen LogP contribution in [-0.2, 0) is 13.0 Å². The molecule has 15 heavy (non-hydrogen) atoms. The Bertz CT molecular complexity index is 297. The van der Waals surface area contributed by atoms with Gasteiger partial charge in [0.05, 0.1) is 0 Å². The standard InChI is InChI=1S/C13H20FN/c1-3-5-6-12-8-7-11(9-13(12)14)10-15-4-2/h7-9,15H,3-6,10H2,1-2H3. The predicted molar refractivity (Wildman–Crippen MR) is 62.4 cm³/mol. The number of halogens is 1. The Morgan fingerprint density at radius 3 is 2.67 bits per heavy atom. The van der Waals surface area contributed by atoms with Crippen molar-refractivity contribution in [3.8, 4) is 0 Å². The summed E-state index contributed by atoms with van der Waals surface area (Å²) in [4.78, 5) is 0. The lowest BCUT2D eigenvalue weighted by molar-refractivity contribution is 0.598. The van der Waals surface area contributed by atoms with Gasteiger partial charge in [0.25, 0.3) is 0 Å². The minimum absolute atomic E-state index is 0.0566.